The van der Waals surface area contributed by atoms with Crippen LogP contribution in [0.2, 0.25) is 0 Å². The van der Waals surface area contributed by atoms with Crippen LogP contribution in [0.1, 0.15) is 25.0 Å². The monoisotopic (exact) mass is 269 g/mol. The molecule has 0 fully saturated rings. The molecule has 2 aromatic carbocycles. The molecule has 0 heterocycles. The highest BCUT2D eigenvalue weighted by Gasteiger charge is 2.21. The molecule has 104 valence electrons. The van der Waals surface area contributed by atoms with Gasteiger partial charge in [-0.2, -0.15) is 0 Å². The summed E-state index contributed by atoms with van der Waals surface area (Å²) in [5.74, 6) is -0.575. The summed E-state index contributed by atoms with van der Waals surface area (Å²) >= 11 is 0. The number of carbonyl (C=O) groups is 2. The van der Waals surface area contributed by atoms with Gasteiger partial charge in [-0.25, -0.2) is 0 Å². The first-order chi connectivity index (χ1) is 9.42. The predicted octanol–water partition coefficient (Wildman–Crippen LogP) is 2.74. The topological polar surface area (TPSA) is 46.2 Å². The number of nitrogens with one attached hydrogen (secondary N) is 1. The van der Waals surface area contributed by atoms with Gasteiger partial charge in [-0.1, -0.05) is 55.8 Å². The molecule has 3 heteroatoms. The molecule has 2 aromatic rings. The second-order valence-electron chi connectivity index (χ2n) is 5.78. The maximum atomic E-state index is 11.1. The summed E-state index contributed by atoms with van der Waals surface area (Å²) in [6, 6.07) is 12.7. The number of fused-ring (bicyclic) bond motifs is 1. The van der Waals surface area contributed by atoms with Gasteiger partial charge in [-0.3, -0.25) is 9.59 Å². The summed E-state index contributed by atoms with van der Waals surface area (Å²) < 4.78 is 0. The molecule has 3 nitrogen and oxygen atoms in total. The Balaban J connectivity index is 2.29. The van der Waals surface area contributed by atoms with Gasteiger partial charge in [0.15, 0.2) is 0 Å². The SMILES string of the molecule is Cc1ccc2cc(C(C)(C)CNC(=O)C=O)ccc2c1. The van der Waals surface area contributed by atoms with Crippen molar-refractivity contribution in [3.05, 3.63) is 47.5 Å². The quantitative estimate of drug-likeness (QED) is 0.685. The van der Waals surface area contributed by atoms with E-state index >= 15 is 0 Å². The van der Waals surface area contributed by atoms with Crippen molar-refractivity contribution >= 4 is 23.0 Å². The third-order valence-corrected chi connectivity index (χ3v) is 3.59. The van der Waals surface area contributed by atoms with E-state index in [0.717, 1.165) is 5.56 Å². The third kappa shape index (κ3) is 3.05. The van der Waals surface area contributed by atoms with Crippen molar-refractivity contribution in [3.63, 3.8) is 0 Å². The van der Waals surface area contributed by atoms with E-state index in [9.17, 15) is 9.59 Å². The highest BCUT2D eigenvalue weighted by Crippen LogP contribution is 2.26. The first-order valence-corrected chi connectivity index (χ1v) is 6.66. The fourth-order valence-corrected chi connectivity index (χ4v) is 2.24. The van der Waals surface area contributed by atoms with Crippen molar-refractivity contribution in [1.29, 1.82) is 0 Å². The van der Waals surface area contributed by atoms with E-state index in [2.05, 4.69) is 48.6 Å². The average molecular weight is 269 g/mol. The zero-order valence-electron chi connectivity index (χ0n) is 12.1. The van der Waals surface area contributed by atoms with Gasteiger partial charge < -0.3 is 5.32 Å². The van der Waals surface area contributed by atoms with Crippen LogP contribution in [0.25, 0.3) is 10.8 Å². The fourth-order valence-electron chi connectivity index (χ4n) is 2.24. The van der Waals surface area contributed by atoms with Crippen molar-refractivity contribution in [3.8, 4) is 0 Å². The molecule has 0 radical (unpaired) electrons. The Kier molecular flexibility index (Phi) is 3.89. The van der Waals surface area contributed by atoms with E-state index in [1.54, 1.807) is 0 Å². The lowest BCUT2D eigenvalue weighted by molar-refractivity contribution is -0.131. The maximum absolute atomic E-state index is 11.1. The Morgan fingerprint density at radius 1 is 1.15 bits per heavy atom. The van der Waals surface area contributed by atoms with E-state index in [1.165, 1.54) is 16.3 Å². The number of aldehydes is 1. The van der Waals surface area contributed by atoms with Crippen LogP contribution in [0.5, 0.6) is 0 Å². The van der Waals surface area contributed by atoms with Gasteiger partial charge in [0.05, 0.1) is 0 Å². The van der Waals surface area contributed by atoms with Gasteiger partial charge >= 0.3 is 0 Å². The van der Waals surface area contributed by atoms with Crippen molar-refractivity contribution < 1.29 is 9.59 Å². The largest absolute Gasteiger partial charge is 0.349 e. The molecule has 0 spiro atoms. The van der Waals surface area contributed by atoms with Gasteiger partial charge in [0, 0.05) is 12.0 Å². The van der Waals surface area contributed by atoms with Crippen LogP contribution in [-0.4, -0.2) is 18.7 Å². The summed E-state index contributed by atoms with van der Waals surface area (Å²) in [4.78, 5) is 21.4. The Morgan fingerprint density at radius 3 is 2.50 bits per heavy atom. The number of rotatable bonds is 4. The van der Waals surface area contributed by atoms with Gasteiger partial charge in [0.2, 0.25) is 6.29 Å². The van der Waals surface area contributed by atoms with E-state index in [4.69, 9.17) is 0 Å². The molecule has 0 aromatic heterocycles. The normalized spacial score (nSPS) is 11.3. The minimum atomic E-state index is -0.575. The summed E-state index contributed by atoms with van der Waals surface area (Å²) in [5, 5.41) is 5.01. The number of aryl methyl sites for hydroxylation is 1. The first-order valence-electron chi connectivity index (χ1n) is 6.66. The molecule has 0 aliphatic carbocycles. The molecule has 0 unspecified atom stereocenters. The van der Waals surface area contributed by atoms with Crippen LogP contribution < -0.4 is 5.32 Å². The molecular weight excluding hydrogens is 250 g/mol. The summed E-state index contributed by atoms with van der Waals surface area (Å²) in [7, 11) is 0. The van der Waals surface area contributed by atoms with Gasteiger partial charge in [-0.15, -0.1) is 0 Å². The maximum Gasteiger partial charge on any atom is 0.284 e. The smallest absolute Gasteiger partial charge is 0.284 e. The molecule has 0 atom stereocenters. The summed E-state index contributed by atoms with van der Waals surface area (Å²) in [6.45, 7) is 6.61. The zero-order chi connectivity index (χ0) is 14.8. The molecule has 0 saturated heterocycles. The van der Waals surface area contributed by atoms with E-state index in [1.807, 2.05) is 13.8 Å². The van der Waals surface area contributed by atoms with Crippen molar-refractivity contribution in [2.45, 2.75) is 26.2 Å². The predicted molar refractivity (Wildman–Crippen MR) is 80.8 cm³/mol. The Morgan fingerprint density at radius 2 is 1.80 bits per heavy atom. The molecular formula is C17H19NO2. The highest BCUT2D eigenvalue weighted by atomic mass is 16.2. The van der Waals surface area contributed by atoms with Gasteiger partial charge in [-0.05, 0) is 23.3 Å². The summed E-state index contributed by atoms with van der Waals surface area (Å²) in [6.07, 6.45) is 0.305. The third-order valence-electron chi connectivity index (χ3n) is 3.59. The van der Waals surface area contributed by atoms with Crippen LogP contribution in [-0.2, 0) is 15.0 Å². The number of carbonyl (C=O) groups excluding carboxylic acids is 2. The molecule has 1 N–H and O–H groups in total. The number of hydrogen-bond donors (Lipinski definition) is 1. The Hall–Kier alpha value is -2.16. The van der Waals surface area contributed by atoms with Crippen LogP contribution >= 0.6 is 0 Å². The van der Waals surface area contributed by atoms with Crippen molar-refractivity contribution in [2.24, 2.45) is 0 Å². The Bertz CT molecular complexity index is 659. The van der Waals surface area contributed by atoms with E-state index in [-0.39, 0.29) is 5.41 Å². The van der Waals surface area contributed by atoms with Crippen LogP contribution in [0.15, 0.2) is 36.4 Å². The van der Waals surface area contributed by atoms with Crippen LogP contribution in [0.4, 0.5) is 0 Å². The second-order valence-corrected chi connectivity index (χ2v) is 5.78. The molecule has 0 aliphatic rings. The van der Waals surface area contributed by atoms with Crippen LogP contribution in [0, 0.1) is 6.92 Å². The van der Waals surface area contributed by atoms with Gasteiger partial charge in [0.25, 0.3) is 5.91 Å². The molecule has 1 amide bonds. The second kappa shape index (κ2) is 5.45. The first kappa shape index (κ1) is 14.3. The highest BCUT2D eigenvalue weighted by molar-refractivity contribution is 6.23. The molecule has 2 rings (SSSR count). The number of amides is 1. The lowest BCUT2D eigenvalue weighted by Gasteiger charge is -2.25. The molecule has 20 heavy (non-hydrogen) atoms. The fraction of sp³-hybridized carbons (Fsp3) is 0.294. The lowest BCUT2D eigenvalue weighted by atomic mass is 9.83. The van der Waals surface area contributed by atoms with Crippen molar-refractivity contribution in [1.82, 2.24) is 5.32 Å². The lowest BCUT2D eigenvalue weighted by Crippen LogP contribution is -2.37. The van der Waals surface area contributed by atoms with E-state index < -0.39 is 5.91 Å². The molecule has 0 saturated carbocycles. The molecule has 0 bridgehead atoms. The zero-order valence-corrected chi connectivity index (χ0v) is 12.1. The van der Waals surface area contributed by atoms with Crippen molar-refractivity contribution in [2.75, 3.05) is 6.54 Å². The number of hydrogen-bond acceptors (Lipinski definition) is 2. The molecule has 0 aliphatic heterocycles. The van der Waals surface area contributed by atoms with Crippen LogP contribution in [0.3, 0.4) is 0 Å². The summed E-state index contributed by atoms with van der Waals surface area (Å²) in [5.41, 5.74) is 2.15. The number of benzene rings is 2. The standard InChI is InChI=1S/C17H19NO2/c1-12-4-5-14-9-15(7-6-13(14)8-12)17(2,3)11-18-16(20)10-19/h4-10H,11H2,1-3H3,(H,18,20). The average Bonchev–Trinajstić information content (AvgIpc) is 2.44. The van der Waals surface area contributed by atoms with Gasteiger partial charge in [0.1, 0.15) is 0 Å². The van der Waals surface area contributed by atoms with E-state index in [0.29, 0.717) is 12.8 Å². The minimum Gasteiger partial charge on any atom is -0.349 e. The minimum absolute atomic E-state index is 0.224. The Labute approximate surface area is 119 Å².